The maximum absolute atomic E-state index is 13.4. The monoisotopic (exact) mass is 459 g/mol. The van der Waals surface area contributed by atoms with Gasteiger partial charge in [0, 0.05) is 16.5 Å². The van der Waals surface area contributed by atoms with Gasteiger partial charge < -0.3 is 10.1 Å². The molecule has 5 nitrogen and oxygen atoms in total. The number of aryl methyl sites for hydroxylation is 1. The summed E-state index contributed by atoms with van der Waals surface area (Å²) in [7, 11) is 0. The Bertz CT molecular complexity index is 1240. The van der Waals surface area contributed by atoms with Crippen LogP contribution in [-0.4, -0.2) is 16.6 Å². The van der Waals surface area contributed by atoms with E-state index in [9.17, 15) is 4.79 Å². The first-order valence-electron chi connectivity index (χ1n) is 9.89. The highest BCUT2D eigenvalue weighted by Crippen LogP contribution is 2.54. The van der Waals surface area contributed by atoms with Gasteiger partial charge in [-0.1, -0.05) is 57.9 Å². The lowest BCUT2D eigenvalue weighted by atomic mass is 9.92. The molecular formula is C24H18BrN3O2. The van der Waals surface area contributed by atoms with Crippen molar-refractivity contribution in [1.82, 2.24) is 5.01 Å². The molecule has 0 bridgehead atoms. The quantitative estimate of drug-likeness (QED) is 0.550. The van der Waals surface area contributed by atoms with E-state index in [0.29, 0.717) is 12.2 Å². The zero-order valence-electron chi connectivity index (χ0n) is 16.2. The van der Waals surface area contributed by atoms with Gasteiger partial charge in [0.1, 0.15) is 5.75 Å². The highest BCUT2D eigenvalue weighted by Gasteiger charge is 2.60. The Kier molecular flexibility index (Phi) is 3.65. The predicted molar refractivity (Wildman–Crippen MR) is 118 cm³/mol. The SMILES string of the molecule is Cc1ccc2c(c1)C1(Oc3ccc(Br)cc3C3CC(c4ccccc4)=NN31)C(=O)N2. The van der Waals surface area contributed by atoms with E-state index < -0.39 is 5.72 Å². The Hall–Kier alpha value is -3.12. The van der Waals surface area contributed by atoms with E-state index in [0.717, 1.165) is 38.1 Å². The molecule has 6 rings (SSSR count). The molecule has 1 amide bonds. The fourth-order valence-electron chi connectivity index (χ4n) is 4.63. The first-order chi connectivity index (χ1) is 14.6. The molecule has 3 aromatic carbocycles. The number of benzene rings is 3. The number of hydrogen-bond acceptors (Lipinski definition) is 4. The summed E-state index contributed by atoms with van der Waals surface area (Å²) in [5, 5.41) is 9.85. The van der Waals surface area contributed by atoms with Crippen LogP contribution in [0.5, 0.6) is 5.75 Å². The summed E-state index contributed by atoms with van der Waals surface area (Å²) >= 11 is 3.58. The van der Waals surface area contributed by atoms with E-state index >= 15 is 0 Å². The van der Waals surface area contributed by atoms with Crippen LogP contribution in [0.3, 0.4) is 0 Å². The molecule has 3 aromatic rings. The number of carbonyl (C=O) groups excluding carboxylic acids is 1. The first kappa shape index (κ1) is 17.7. The highest BCUT2D eigenvalue weighted by atomic mass is 79.9. The van der Waals surface area contributed by atoms with E-state index in [1.807, 2.05) is 60.5 Å². The lowest BCUT2D eigenvalue weighted by Gasteiger charge is -2.44. The van der Waals surface area contributed by atoms with Crippen molar-refractivity contribution in [1.29, 1.82) is 0 Å². The van der Waals surface area contributed by atoms with E-state index in [-0.39, 0.29) is 11.9 Å². The molecule has 0 fully saturated rings. The summed E-state index contributed by atoms with van der Waals surface area (Å²) < 4.78 is 7.49. The fraction of sp³-hybridized carbons (Fsp3) is 0.167. The van der Waals surface area contributed by atoms with Gasteiger partial charge in [-0.25, -0.2) is 5.01 Å². The van der Waals surface area contributed by atoms with Crippen molar-refractivity contribution in [2.24, 2.45) is 5.10 Å². The van der Waals surface area contributed by atoms with Crippen molar-refractivity contribution in [2.75, 3.05) is 5.32 Å². The van der Waals surface area contributed by atoms with Gasteiger partial charge in [0.2, 0.25) is 0 Å². The van der Waals surface area contributed by atoms with Gasteiger partial charge in [0.05, 0.1) is 23.0 Å². The van der Waals surface area contributed by atoms with E-state index in [2.05, 4.69) is 39.4 Å². The molecule has 3 aliphatic heterocycles. The smallest absolute Gasteiger partial charge is 0.306 e. The summed E-state index contributed by atoms with van der Waals surface area (Å²) in [6.07, 6.45) is 0.701. The van der Waals surface area contributed by atoms with Crippen molar-refractivity contribution in [2.45, 2.75) is 25.1 Å². The molecule has 0 radical (unpaired) electrons. The average Bonchev–Trinajstić information content (AvgIpc) is 3.31. The standard InChI is InChI=1S/C24H18BrN3O2/c1-14-7-9-19-18(11-14)24(23(29)26-19)28-21(17-12-16(25)8-10-22(17)30-24)13-20(27-28)15-5-3-2-4-6-15/h2-12,21H,13H2,1H3,(H,26,29). The minimum Gasteiger partial charge on any atom is -0.453 e. The molecule has 2 atom stereocenters. The van der Waals surface area contributed by atoms with Gasteiger partial charge in [0.25, 0.3) is 5.91 Å². The predicted octanol–water partition coefficient (Wildman–Crippen LogP) is 5.11. The van der Waals surface area contributed by atoms with Gasteiger partial charge in [-0.3, -0.25) is 4.79 Å². The van der Waals surface area contributed by atoms with E-state index in [1.54, 1.807) is 0 Å². The largest absolute Gasteiger partial charge is 0.453 e. The number of fused-ring (bicyclic) bond motifs is 6. The number of halogens is 1. The topological polar surface area (TPSA) is 53.9 Å². The van der Waals surface area contributed by atoms with Crippen LogP contribution in [0.15, 0.2) is 76.3 Å². The minimum absolute atomic E-state index is 0.0985. The molecule has 0 saturated carbocycles. The van der Waals surface area contributed by atoms with Gasteiger partial charge in [-0.05, 0) is 42.8 Å². The Labute approximate surface area is 182 Å². The third-order valence-corrected chi connectivity index (χ3v) is 6.52. The maximum atomic E-state index is 13.4. The maximum Gasteiger partial charge on any atom is 0.306 e. The zero-order chi connectivity index (χ0) is 20.5. The number of rotatable bonds is 1. The first-order valence-corrected chi connectivity index (χ1v) is 10.7. The van der Waals surface area contributed by atoms with Gasteiger partial charge >= 0.3 is 5.72 Å². The summed E-state index contributed by atoms with van der Waals surface area (Å²) in [6, 6.07) is 21.9. The number of anilines is 1. The second-order valence-corrected chi connectivity index (χ2v) is 8.82. The van der Waals surface area contributed by atoms with Crippen LogP contribution in [0.2, 0.25) is 0 Å². The van der Waals surface area contributed by atoms with E-state index in [4.69, 9.17) is 9.84 Å². The van der Waals surface area contributed by atoms with Crippen molar-refractivity contribution in [3.63, 3.8) is 0 Å². The molecule has 6 heteroatoms. The van der Waals surface area contributed by atoms with Crippen LogP contribution in [0.1, 0.15) is 34.7 Å². The van der Waals surface area contributed by atoms with Gasteiger partial charge in [-0.2, -0.15) is 5.10 Å². The Morgan fingerprint density at radius 1 is 1.13 bits per heavy atom. The fourth-order valence-corrected chi connectivity index (χ4v) is 5.01. The molecule has 0 saturated heterocycles. The van der Waals surface area contributed by atoms with Gasteiger partial charge in [-0.15, -0.1) is 0 Å². The third-order valence-electron chi connectivity index (χ3n) is 6.02. The lowest BCUT2D eigenvalue weighted by molar-refractivity contribution is -0.161. The molecule has 3 aliphatic rings. The van der Waals surface area contributed by atoms with Crippen LogP contribution < -0.4 is 10.1 Å². The number of carbonyl (C=O) groups is 1. The normalized spacial score (nSPS) is 23.4. The molecule has 3 heterocycles. The van der Waals surface area contributed by atoms with E-state index in [1.165, 1.54) is 0 Å². The summed E-state index contributed by atoms with van der Waals surface area (Å²) in [4.78, 5) is 13.4. The second-order valence-electron chi connectivity index (χ2n) is 7.91. The van der Waals surface area contributed by atoms with Crippen molar-refractivity contribution in [3.8, 4) is 5.75 Å². The Morgan fingerprint density at radius 3 is 2.80 bits per heavy atom. The summed E-state index contributed by atoms with van der Waals surface area (Å²) in [5.41, 5.74) is 4.37. The molecule has 0 aromatic heterocycles. The molecule has 148 valence electrons. The number of ether oxygens (including phenoxy) is 1. The molecule has 1 spiro atoms. The molecule has 30 heavy (non-hydrogen) atoms. The van der Waals surface area contributed by atoms with Crippen LogP contribution in [0.4, 0.5) is 5.69 Å². The second kappa shape index (κ2) is 6.19. The molecular weight excluding hydrogens is 442 g/mol. The summed E-state index contributed by atoms with van der Waals surface area (Å²) in [5.74, 6) is 0.508. The molecule has 0 aliphatic carbocycles. The van der Waals surface area contributed by atoms with Crippen molar-refractivity contribution >= 4 is 33.2 Å². The van der Waals surface area contributed by atoms with Crippen LogP contribution in [0.25, 0.3) is 0 Å². The summed E-state index contributed by atoms with van der Waals surface area (Å²) in [6.45, 7) is 2.02. The number of hydrazone groups is 1. The molecule has 2 unspecified atom stereocenters. The van der Waals surface area contributed by atoms with Gasteiger partial charge in [0.15, 0.2) is 0 Å². The lowest BCUT2D eigenvalue weighted by Crippen LogP contribution is -2.55. The number of hydrogen-bond donors (Lipinski definition) is 1. The third kappa shape index (κ3) is 2.34. The van der Waals surface area contributed by atoms with Crippen LogP contribution in [0, 0.1) is 6.92 Å². The zero-order valence-corrected chi connectivity index (χ0v) is 17.8. The number of nitrogens with zero attached hydrogens (tertiary/aromatic N) is 2. The number of amides is 1. The van der Waals surface area contributed by atoms with Crippen LogP contribution >= 0.6 is 15.9 Å². The molecule has 1 N–H and O–H groups in total. The number of nitrogens with one attached hydrogen (secondary N) is 1. The van der Waals surface area contributed by atoms with Crippen molar-refractivity contribution < 1.29 is 9.53 Å². The van der Waals surface area contributed by atoms with Crippen LogP contribution in [-0.2, 0) is 10.5 Å². The minimum atomic E-state index is -1.32. The average molecular weight is 460 g/mol. The van der Waals surface area contributed by atoms with Crippen molar-refractivity contribution in [3.05, 3.63) is 93.5 Å². The highest BCUT2D eigenvalue weighted by molar-refractivity contribution is 9.10. The Morgan fingerprint density at radius 2 is 1.97 bits per heavy atom. The Balaban J connectivity index is 1.60.